The second kappa shape index (κ2) is 4.67. The van der Waals surface area contributed by atoms with Crippen LogP contribution in [0.25, 0.3) is 0 Å². The largest absolute Gasteiger partial charge is 0.289 e. The first-order valence-corrected chi connectivity index (χ1v) is 5.78. The van der Waals surface area contributed by atoms with Gasteiger partial charge in [-0.25, -0.2) is 0 Å². The molecule has 2 heteroatoms. The van der Waals surface area contributed by atoms with Crippen molar-refractivity contribution < 1.29 is 5.21 Å². The maximum atomic E-state index is 9.51. The number of hydroxylamine groups is 1. The minimum atomic E-state index is 0.825. The third kappa shape index (κ3) is 2.51. The van der Waals surface area contributed by atoms with Crippen LogP contribution in [0.1, 0.15) is 31.2 Å². The molecule has 1 aliphatic carbocycles. The van der Waals surface area contributed by atoms with Gasteiger partial charge in [0, 0.05) is 7.05 Å². The molecule has 0 spiro atoms. The normalized spacial score (nSPS) is 16.9. The molecular weight excluding hydrogens is 186 g/mol. The molecule has 0 radical (unpaired) electrons. The topological polar surface area (TPSA) is 23.5 Å². The lowest BCUT2D eigenvalue weighted by Crippen LogP contribution is -2.13. The Balaban J connectivity index is 2.12. The first kappa shape index (κ1) is 10.5. The Morgan fingerprint density at radius 3 is 2.60 bits per heavy atom. The van der Waals surface area contributed by atoms with Crippen molar-refractivity contribution in [1.29, 1.82) is 0 Å². The average Bonchev–Trinajstić information content (AvgIpc) is 2.71. The minimum Gasteiger partial charge on any atom is -0.289 e. The molecule has 0 atom stereocenters. The van der Waals surface area contributed by atoms with Gasteiger partial charge in [0.25, 0.3) is 0 Å². The number of rotatable bonds is 3. The minimum absolute atomic E-state index is 0.825. The predicted molar refractivity (Wildman–Crippen MR) is 62.3 cm³/mol. The fraction of sp³-hybridized carbons (Fsp3) is 0.538. The van der Waals surface area contributed by atoms with E-state index in [1.54, 1.807) is 7.05 Å². The summed E-state index contributed by atoms with van der Waals surface area (Å²) in [7, 11) is 1.69. The Kier molecular flexibility index (Phi) is 3.27. The van der Waals surface area contributed by atoms with Crippen LogP contribution in [0.4, 0.5) is 5.69 Å². The highest BCUT2D eigenvalue weighted by molar-refractivity contribution is 5.50. The number of para-hydroxylation sites is 1. The summed E-state index contributed by atoms with van der Waals surface area (Å²) in [6, 6.07) is 8.13. The van der Waals surface area contributed by atoms with Crippen LogP contribution in [0.5, 0.6) is 0 Å². The van der Waals surface area contributed by atoms with Gasteiger partial charge in [0.05, 0.1) is 5.69 Å². The number of hydrogen-bond acceptors (Lipinski definition) is 2. The van der Waals surface area contributed by atoms with Crippen LogP contribution in [0.3, 0.4) is 0 Å². The first-order chi connectivity index (χ1) is 7.27. The Morgan fingerprint density at radius 2 is 1.93 bits per heavy atom. The van der Waals surface area contributed by atoms with E-state index in [0.717, 1.165) is 18.0 Å². The van der Waals surface area contributed by atoms with Gasteiger partial charge in [-0.3, -0.25) is 10.3 Å². The molecule has 1 aromatic carbocycles. The van der Waals surface area contributed by atoms with Crippen molar-refractivity contribution >= 4 is 5.69 Å². The van der Waals surface area contributed by atoms with Crippen molar-refractivity contribution in [2.75, 3.05) is 12.1 Å². The zero-order chi connectivity index (χ0) is 10.7. The van der Waals surface area contributed by atoms with Gasteiger partial charge in [-0.05, 0) is 24.0 Å². The first-order valence-electron chi connectivity index (χ1n) is 5.78. The summed E-state index contributed by atoms with van der Waals surface area (Å²) in [6.07, 6.45) is 6.57. The lowest BCUT2D eigenvalue weighted by Gasteiger charge is -2.17. The highest BCUT2D eigenvalue weighted by atomic mass is 16.5. The van der Waals surface area contributed by atoms with Crippen LogP contribution in [-0.2, 0) is 6.42 Å². The van der Waals surface area contributed by atoms with Gasteiger partial charge in [-0.2, -0.15) is 0 Å². The third-order valence-corrected chi connectivity index (χ3v) is 3.32. The van der Waals surface area contributed by atoms with Crippen molar-refractivity contribution in [2.45, 2.75) is 32.1 Å². The molecule has 1 saturated carbocycles. The molecule has 0 unspecified atom stereocenters. The molecular formula is C13H19NO. The fourth-order valence-electron chi connectivity index (χ4n) is 2.52. The van der Waals surface area contributed by atoms with Crippen LogP contribution in [0.15, 0.2) is 24.3 Å². The second-order valence-corrected chi connectivity index (χ2v) is 4.51. The fourth-order valence-corrected chi connectivity index (χ4v) is 2.52. The van der Waals surface area contributed by atoms with Crippen LogP contribution < -0.4 is 5.06 Å². The second-order valence-electron chi connectivity index (χ2n) is 4.51. The molecule has 1 fully saturated rings. The average molecular weight is 205 g/mol. The predicted octanol–water partition coefficient (Wildman–Crippen LogP) is 3.24. The molecule has 1 aliphatic rings. The molecule has 82 valence electrons. The highest BCUT2D eigenvalue weighted by Crippen LogP contribution is 2.30. The van der Waals surface area contributed by atoms with Crippen LogP contribution in [0, 0.1) is 5.92 Å². The molecule has 1 N–H and O–H groups in total. The van der Waals surface area contributed by atoms with Gasteiger partial charge in [0.15, 0.2) is 0 Å². The van der Waals surface area contributed by atoms with E-state index >= 15 is 0 Å². The molecule has 0 heterocycles. The number of hydrogen-bond donors (Lipinski definition) is 1. The Bertz CT molecular complexity index is 316. The van der Waals surface area contributed by atoms with E-state index in [4.69, 9.17) is 0 Å². The van der Waals surface area contributed by atoms with Crippen LogP contribution >= 0.6 is 0 Å². The molecule has 0 amide bonds. The zero-order valence-corrected chi connectivity index (χ0v) is 9.32. The van der Waals surface area contributed by atoms with E-state index in [-0.39, 0.29) is 0 Å². The highest BCUT2D eigenvalue weighted by Gasteiger charge is 2.17. The molecule has 0 aliphatic heterocycles. The SMILES string of the molecule is CN(O)c1ccccc1CC1CCCC1. The quantitative estimate of drug-likeness (QED) is 0.766. The van der Waals surface area contributed by atoms with Gasteiger partial charge < -0.3 is 0 Å². The van der Waals surface area contributed by atoms with E-state index in [9.17, 15) is 5.21 Å². The monoisotopic (exact) mass is 205 g/mol. The summed E-state index contributed by atoms with van der Waals surface area (Å²) >= 11 is 0. The van der Waals surface area contributed by atoms with E-state index in [2.05, 4.69) is 12.1 Å². The summed E-state index contributed by atoms with van der Waals surface area (Å²) in [5.74, 6) is 0.825. The Labute approximate surface area is 91.5 Å². The maximum absolute atomic E-state index is 9.51. The summed E-state index contributed by atoms with van der Waals surface area (Å²) in [6.45, 7) is 0. The molecule has 2 nitrogen and oxygen atoms in total. The summed E-state index contributed by atoms with van der Waals surface area (Å²) in [5.41, 5.74) is 2.22. The Morgan fingerprint density at radius 1 is 1.27 bits per heavy atom. The standard InChI is InChI=1S/C13H19NO/c1-14(15)13-9-5-4-8-12(13)10-11-6-2-3-7-11/h4-5,8-9,11,15H,2-3,6-7,10H2,1H3. The number of nitrogens with zero attached hydrogens (tertiary/aromatic N) is 1. The lowest BCUT2D eigenvalue weighted by molar-refractivity contribution is 0.278. The van der Waals surface area contributed by atoms with Gasteiger partial charge in [-0.1, -0.05) is 43.9 Å². The molecule has 0 aromatic heterocycles. The smallest absolute Gasteiger partial charge is 0.0662 e. The lowest BCUT2D eigenvalue weighted by atomic mass is 9.97. The summed E-state index contributed by atoms with van der Waals surface area (Å²) < 4.78 is 0. The van der Waals surface area contributed by atoms with Gasteiger partial charge in [0.2, 0.25) is 0 Å². The van der Waals surface area contributed by atoms with E-state index < -0.39 is 0 Å². The zero-order valence-electron chi connectivity index (χ0n) is 9.32. The molecule has 0 saturated heterocycles. The van der Waals surface area contributed by atoms with Crippen molar-refractivity contribution in [3.05, 3.63) is 29.8 Å². The van der Waals surface area contributed by atoms with Crippen molar-refractivity contribution in [1.82, 2.24) is 0 Å². The van der Waals surface area contributed by atoms with Gasteiger partial charge in [-0.15, -0.1) is 0 Å². The summed E-state index contributed by atoms with van der Waals surface area (Å²) in [5, 5.41) is 10.7. The third-order valence-electron chi connectivity index (χ3n) is 3.32. The van der Waals surface area contributed by atoms with Gasteiger partial charge in [0.1, 0.15) is 0 Å². The van der Waals surface area contributed by atoms with Crippen LogP contribution in [0.2, 0.25) is 0 Å². The molecule has 1 aromatic rings. The van der Waals surface area contributed by atoms with E-state index in [0.29, 0.717) is 0 Å². The van der Waals surface area contributed by atoms with Crippen molar-refractivity contribution in [3.8, 4) is 0 Å². The Hall–Kier alpha value is -1.02. The van der Waals surface area contributed by atoms with Crippen molar-refractivity contribution in [3.63, 3.8) is 0 Å². The number of benzene rings is 1. The summed E-state index contributed by atoms with van der Waals surface area (Å²) in [4.78, 5) is 0. The molecule has 15 heavy (non-hydrogen) atoms. The maximum Gasteiger partial charge on any atom is 0.0662 e. The van der Waals surface area contributed by atoms with Gasteiger partial charge >= 0.3 is 0 Å². The molecule has 0 bridgehead atoms. The van der Waals surface area contributed by atoms with Crippen LogP contribution in [-0.4, -0.2) is 12.3 Å². The molecule has 2 rings (SSSR count). The van der Waals surface area contributed by atoms with E-state index in [1.165, 1.54) is 36.3 Å². The van der Waals surface area contributed by atoms with E-state index in [1.807, 2.05) is 12.1 Å². The number of anilines is 1. The van der Waals surface area contributed by atoms with Crippen molar-refractivity contribution in [2.24, 2.45) is 5.92 Å².